The molecule has 0 radical (unpaired) electrons. The van der Waals surface area contributed by atoms with Crippen molar-refractivity contribution in [1.82, 2.24) is 0 Å². The van der Waals surface area contributed by atoms with E-state index in [1.54, 1.807) is 42.5 Å². The third kappa shape index (κ3) is 4.11. The molecule has 10 heteroatoms. The Bertz CT molecular complexity index is 1260. The first-order valence-electron chi connectivity index (χ1n) is 8.79. The third-order valence-electron chi connectivity index (χ3n) is 4.41. The minimum Gasteiger partial charge on any atom is -0.478 e. The number of thiocarbonyl (C=S) groups is 1. The van der Waals surface area contributed by atoms with Gasteiger partial charge in [0.15, 0.2) is 4.32 Å². The second-order valence-corrected chi connectivity index (χ2v) is 8.05. The highest BCUT2D eigenvalue weighted by molar-refractivity contribution is 8.27. The average molecular weight is 452 g/mol. The summed E-state index contributed by atoms with van der Waals surface area (Å²) in [5.74, 6) is -0.582. The van der Waals surface area contributed by atoms with Crippen LogP contribution in [0, 0.1) is 10.1 Å². The fourth-order valence-corrected chi connectivity index (χ4v) is 4.21. The molecule has 1 saturated heterocycles. The van der Waals surface area contributed by atoms with Gasteiger partial charge in [-0.15, -0.1) is 0 Å². The number of non-ortho nitro benzene ring substituents is 1. The average Bonchev–Trinajstić information content (AvgIpc) is 3.32. The predicted octanol–water partition coefficient (Wildman–Crippen LogP) is 4.96. The van der Waals surface area contributed by atoms with Gasteiger partial charge >= 0.3 is 5.97 Å². The van der Waals surface area contributed by atoms with Crippen molar-refractivity contribution >= 4 is 57.6 Å². The standard InChI is InChI=1S/C21H12N2O6S2/c24-19-18(31-21(30)22(19)15-3-1-2-13(10-15)20(25)26)11-16-8-9-17(29-16)12-4-6-14(7-5-12)23(27)28/h1-11H,(H,25,26)/b18-11+. The number of thioether (sulfide) groups is 1. The molecule has 31 heavy (non-hydrogen) atoms. The molecule has 2 heterocycles. The van der Waals surface area contributed by atoms with Crippen molar-refractivity contribution in [2.24, 2.45) is 0 Å². The zero-order valence-electron chi connectivity index (χ0n) is 15.6. The Labute approximate surface area is 184 Å². The van der Waals surface area contributed by atoms with Gasteiger partial charge in [0.25, 0.3) is 11.6 Å². The zero-order chi connectivity index (χ0) is 22.1. The predicted molar refractivity (Wildman–Crippen MR) is 120 cm³/mol. The molecule has 1 aliphatic rings. The lowest BCUT2D eigenvalue weighted by molar-refractivity contribution is -0.384. The van der Waals surface area contributed by atoms with E-state index in [1.165, 1.54) is 29.2 Å². The van der Waals surface area contributed by atoms with Gasteiger partial charge in [-0.1, -0.05) is 30.0 Å². The number of amides is 1. The van der Waals surface area contributed by atoms with Crippen molar-refractivity contribution in [3.05, 3.63) is 87.0 Å². The van der Waals surface area contributed by atoms with E-state index in [4.69, 9.17) is 16.6 Å². The van der Waals surface area contributed by atoms with E-state index in [0.29, 0.717) is 27.7 Å². The number of hydrogen-bond donors (Lipinski definition) is 1. The lowest BCUT2D eigenvalue weighted by atomic mass is 10.1. The number of nitro groups is 1. The van der Waals surface area contributed by atoms with Gasteiger partial charge < -0.3 is 9.52 Å². The number of rotatable bonds is 5. The van der Waals surface area contributed by atoms with Crippen molar-refractivity contribution in [2.45, 2.75) is 0 Å². The smallest absolute Gasteiger partial charge is 0.335 e. The SMILES string of the molecule is O=C(O)c1cccc(N2C(=O)/C(=C\c3ccc(-c4ccc([N+](=O)[O-])cc4)o3)SC2=S)c1. The van der Waals surface area contributed by atoms with Crippen LogP contribution in [-0.4, -0.2) is 26.2 Å². The van der Waals surface area contributed by atoms with Crippen molar-refractivity contribution < 1.29 is 24.0 Å². The molecular formula is C21H12N2O6S2. The Kier molecular flexibility index (Phi) is 5.40. The number of carbonyl (C=O) groups excluding carboxylic acids is 1. The van der Waals surface area contributed by atoms with E-state index in [-0.39, 0.29) is 21.5 Å². The van der Waals surface area contributed by atoms with E-state index in [2.05, 4.69) is 0 Å². The second kappa shape index (κ2) is 8.17. The molecule has 3 aromatic rings. The maximum Gasteiger partial charge on any atom is 0.335 e. The van der Waals surface area contributed by atoms with Crippen molar-refractivity contribution in [3.8, 4) is 11.3 Å². The van der Waals surface area contributed by atoms with Gasteiger partial charge in [0, 0.05) is 23.8 Å². The summed E-state index contributed by atoms with van der Waals surface area (Å²) in [4.78, 5) is 36.0. The summed E-state index contributed by atoms with van der Waals surface area (Å²) in [6.07, 6.45) is 1.55. The number of nitrogens with zero attached hydrogens (tertiary/aromatic N) is 2. The molecule has 0 aliphatic carbocycles. The summed E-state index contributed by atoms with van der Waals surface area (Å²) in [7, 11) is 0. The van der Waals surface area contributed by atoms with Gasteiger partial charge in [-0.2, -0.15) is 0 Å². The molecule has 1 amide bonds. The van der Waals surface area contributed by atoms with Gasteiger partial charge in [-0.05, 0) is 42.5 Å². The van der Waals surface area contributed by atoms with Gasteiger partial charge in [0.1, 0.15) is 11.5 Å². The van der Waals surface area contributed by atoms with Gasteiger partial charge in [0.2, 0.25) is 0 Å². The lowest BCUT2D eigenvalue weighted by Crippen LogP contribution is -2.27. The van der Waals surface area contributed by atoms with E-state index in [0.717, 1.165) is 11.8 Å². The monoisotopic (exact) mass is 452 g/mol. The Morgan fingerprint density at radius 3 is 2.58 bits per heavy atom. The number of carbonyl (C=O) groups is 2. The molecule has 0 atom stereocenters. The second-order valence-electron chi connectivity index (χ2n) is 6.38. The normalized spacial score (nSPS) is 15.0. The van der Waals surface area contributed by atoms with Crippen LogP contribution >= 0.6 is 24.0 Å². The largest absolute Gasteiger partial charge is 0.478 e. The van der Waals surface area contributed by atoms with E-state index in [1.807, 2.05) is 0 Å². The lowest BCUT2D eigenvalue weighted by Gasteiger charge is -2.14. The first-order chi connectivity index (χ1) is 14.8. The highest BCUT2D eigenvalue weighted by Gasteiger charge is 2.33. The first-order valence-corrected chi connectivity index (χ1v) is 10.0. The third-order valence-corrected chi connectivity index (χ3v) is 5.71. The number of furan rings is 1. The maximum atomic E-state index is 12.9. The highest BCUT2D eigenvalue weighted by Crippen LogP contribution is 2.37. The molecule has 1 N–H and O–H groups in total. The van der Waals surface area contributed by atoms with Crippen molar-refractivity contribution in [1.29, 1.82) is 0 Å². The van der Waals surface area contributed by atoms with E-state index in [9.17, 15) is 24.8 Å². The molecule has 2 aromatic carbocycles. The van der Waals surface area contributed by atoms with Crippen LogP contribution in [0.5, 0.6) is 0 Å². The highest BCUT2D eigenvalue weighted by atomic mass is 32.2. The first kappa shape index (κ1) is 20.5. The number of carboxylic acid groups (broad SMARTS) is 1. The Morgan fingerprint density at radius 2 is 1.90 bits per heavy atom. The number of hydrogen-bond acceptors (Lipinski definition) is 7. The number of aromatic carboxylic acids is 1. The molecular weight excluding hydrogens is 440 g/mol. The molecule has 0 spiro atoms. The molecule has 8 nitrogen and oxygen atoms in total. The van der Waals surface area contributed by atoms with Crippen LogP contribution in [0.2, 0.25) is 0 Å². The van der Waals surface area contributed by atoms with Gasteiger partial charge in [-0.25, -0.2) is 4.79 Å². The molecule has 1 fully saturated rings. The summed E-state index contributed by atoms with van der Waals surface area (Å²) in [5, 5.41) is 20.0. The van der Waals surface area contributed by atoms with Crippen LogP contribution in [0.15, 0.2) is 70.0 Å². The van der Waals surface area contributed by atoms with Crippen molar-refractivity contribution in [2.75, 3.05) is 4.90 Å². The van der Waals surface area contributed by atoms with Crippen LogP contribution in [0.4, 0.5) is 11.4 Å². The van der Waals surface area contributed by atoms with Gasteiger partial charge in [-0.3, -0.25) is 19.8 Å². The summed E-state index contributed by atoms with van der Waals surface area (Å²) in [6, 6.07) is 15.3. The van der Waals surface area contributed by atoms with Crippen LogP contribution in [0.3, 0.4) is 0 Å². The molecule has 0 bridgehead atoms. The van der Waals surface area contributed by atoms with Crippen LogP contribution in [-0.2, 0) is 4.79 Å². The number of anilines is 1. The van der Waals surface area contributed by atoms with Crippen LogP contribution < -0.4 is 4.90 Å². The summed E-state index contributed by atoms with van der Waals surface area (Å²) < 4.78 is 6.03. The maximum absolute atomic E-state index is 12.9. The Balaban J connectivity index is 1.58. The van der Waals surface area contributed by atoms with Crippen LogP contribution in [0.25, 0.3) is 17.4 Å². The Hall–Kier alpha value is -3.76. The number of nitro benzene ring substituents is 1. The molecule has 1 aromatic heterocycles. The number of benzene rings is 2. The number of carboxylic acids is 1. The van der Waals surface area contributed by atoms with E-state index >= 15 is 0 Å². The zero-order valence-corrected chi connectivity index (χ0v) is 17.2. The van der Waals surface area contributed by atoms with Gasteiger partial charge in [0.05, 0.1) is 21.1 Å². The molecule has 4 rings (SSSR count). The minimum atomic E-state index is -1.10. The fourth-order valence-electron chi connectivity index (χ4n) is 2.93. The van der Waals surface area contributed by atoms with Crippen LogP contribution in [0.1, 0.15) is 16.1 Å². The topological polar surface area (TPSA) is 114 Å². The molecule has 154 valence electrons. The molecule has 0 saturated carbocycles. The van der Waals surface area contributed by atoms with E-state index < -0.39 is 10.9 Å². The van der Waals surface area contributed by atoms with Crippen molar-refractivity contribution in [3.63, 3.8) is 0 Å². The summed E-state index contributed by atoms with van der Waals surface area (Å²) in [5.41, 5.74) is 1.06. The summed E-state index contributed by atoms with van der Waals surface area (Å²) >= 11 is 6.39. The summed E-state index contributed by atoms with van der Waals surface area (Å²) in [6.45, 7) is 0. The molecule has 1 aliphatic heterocycles. The quantitative estimate of drug-likeness (QED) is 0.250. The molecule has 0 unspecified atom stereocenters. The fraction of sp³-hybridized carbons (Fsp3) is 0. The minimum absolute atomic E-state index is 0.0221. The Morgan fingerprint density at radius 1 is 1.16 bits per heavy atom.